The van der Waals surface area contributed by atoms with Crippen LogP contribution < -0.4 is 5.32 Å². The first-order chi connectivity index (χ1) is 7.71. The Labute approximate surface area is 96.3 Å². The molecule has 2 atom stereocenters. The van der Waals surface area contributed by atoms with Crippen LogP contribution in [0.2, 0.25) is 0 Å². The highest BCUT2D eigenvalue weighted by atomic mass is 14.9. The molecule has 1 N–H and O–H groups in total. The molecule has 2 bridgehead atoms. The lowest BCUT2D eigenvalue weighted by molar-refractivity contribution is 0.249. The Bertz CT molecular complexity index is 472. The third-order valence-electron chi connectivity index (χ3n) is 4.16. The number of fused-ring (bicyclic) bond motifs is 4. The van der Waals surface area contributed by atoms with Gasteiger partial charge in [0, 0.05) is 6.04 Å². The van der Waals surface area contributed by atoms with Gasteiger partial charge in [0.15, 0.2) is 0 Å². The topological polar surface area (TPSA) is 35.8 Å². The first kappa shape index (κ1) is 9.86. The van der Waals surface area contributed by atoms with Gasteiger partial charge in [-0.1, -0.05) is 13.0 Å². The van der Waals surface area contributed by atoms with E-state index >= 15 is 0 Å². The predicted octanol–water partition coefficient (Wildman–Crippen LogP) is 2.12. The van der Waals surface area contributed by atoms with Crippen molar-refractivity contribution in [3.05, 3.63) is 34.9 Å². The minimum atomic E-state index is 0.331. The van der Waals surface area contributed by atoms with Gasteiger partial charge in [-0.05, 0) is 54.5 Å². The maximum atomic E-state index is 8.94. The molecule has 0 amide bonds. The summed E-state index contributed by atoms with van der Waals surface area (Å²) >= 11 is 0. The zero-order chi connectivity index (χ0) is 11.2. The van der Waals surface area contributed by atoms with Crippen LogP contribution in [0.15, 0.2) is 18.2 Å². The van der Waals surface area contributed by atoms with Gasteiger partial charge in [0.1, 0.15) is 0 Å². The van der Waals surface area contributed by atoms with Crippen molar-refractivity contribution in [2.45, 2.75) is 37.6 Å². The van der Waals surface area contributed by atoms with Crippen molar-refractivity contribution in [1.29, 1.82) is 5.26 Å². The second-order valence-electron chi connectivity index (χ2n) is 5.35. The first-order valence-corrected chi connectivity index (χ1v) is 5.98. The van der Waals surface area contributed by atoms with Crippen molar-refractivity contribution < 1.29 is 0 Å². The molecule has 1 fully saturated rings. The molecule has 1 aliphatic heterocycles. The molecule has 1 aromatic carbocycles. The van der Waals surface area contributed by atoms with Crippen LogP contribution in [-0.4, -0.2) is 12.6 Å². The van der Waals surface area contributed by atoms with Crippen LogP contribution in [0.3, 0.4) is 0 Å². The van der Waals surface area contributed by atoms with Crippen molar-refractivity contribution in [2.75, 3.05) is 6.54 Å². The van der Waals surface area contributed by atoms with Crippen LogP contribution in [0, 0.1) is 11.3 Å². The third-order valence-corrected chi connectivity index (χ3v) is 4.16. The summed E-state index contributed by atoms with van der Waals surface area (Å²) < 4.78 is 0. The highest BCUT2D eigenvalue weighted by Gasteiger charge is 2.39. The van der Waals surface area contributed by atoms with Crippen LogP contribution in [0.1, 0.15) is 36.5 Å². The van der Waals surface area contributed by atoms with E-state index in [2.05, 4.69) is 30.4 Å². The first-order valence-electron chi connectivity index (χ1n) is 5.98. The standard InChI is InChI=1S/C14H16N2/c1-14-4-5-16-12(8-14)7-11-6-10(9-15)2-3-13(11)14/h2-3,6,12,16H,4-5,7-8H2,1H3/t12-,14-/m1/s1. The molecule has 82 valence electrons. The Hall–Kier alpha value is -1.33. The summed E-state index contributed by atoms with van der Waals surface area (Å²) in [5.41, 5.74) is 3.98. The molecule has 2 heteroatoms. The van der Waals surface area contributed by atoms with Gasteiger partial charge < -0.3 is 5.32 Å². The molecule has 0 unspecified atom stereocenters. The summed E-state index contributed by atoms with van der Waals surface area (Å²) in [4.78, 5) is 0. The number of benzene rings is 1. The van der Waals surface area contributed by atoms with Gasteiger partial charge in [-0.25, -0.2) is 0 Å². The minimum Gasteiger partial charge on any atom is -0.314 e. The average molecular weight is 212 g/mol. The number of rotatable bonds is 0. The molecule has 3 rings (SSSR count). The second kappa shape index (κ2) is 3.33. The molecule has 1 aliphatic carbocycles. The van der Waals surface area contributed by atoms with E-state index in [9.17, 15) is 0 Å². The lowest BCUT2D eigenvalue weighted by Crippen LogP contribution is -2.49. The molecule has 0 spiro atoms. The number of nitrogens with zero attached hydrogens (tertiary/aromatic N) is 1. The van der Waals surface area contributed by atoms with Gasteiger partial charge in [0.25, 0.3) is 0 Å². The molecular formula is C14H16N2. The largest absolute Gasteiger partial charge is 0.314 e. The van der Waals surface area contributed by atoms with Crippen LogP contribution in [0.4, 0.5) is 0 Å². The fourth-order valence-electron chi connectivity index (χ4n) is 3.35. The van der Waals surface area contributed by atoms with Gasteiger partial charge in [-0.3, -0.25) is 0 Å². The van der Waals surface area contributed by atoms with Crippen molar-refractivity contribution in [3.63, 3.8) is 0 Å². The fraction of sp³-hybridized carbons (Fsp3) is 0.500. The normalized spacial score (nSPS) is 31.6. The molecule has 16 heavy (non-hydrogen) atoms. The van der Waals surface area contributed by atoms with Crippen molar-refractivity contribution in [2.24, 2.45) is 0 Å². The minimum absolute atomic E-state index is 0.331. The second-order valence-corrected chi connectivity index (χ2v) is 5.35. The summed E-state index contributed by atoms with van der Waals surface area (Å²) in [6.45, 7) is 3.49. The summed E-state index contributed by atoms with van der Waals surface area (Å²) in [6, 6.07) is 9.06. The highest BCUT2D eigenvalue weighted by Crippen LogP contribution is 2.41. The summed E-state index contributed by atoms with van der Waals surface area (Å²) in [5.74, 6) is 0. The van der Waals surface area contributed by atoms with E-state index in [1.165, 1.54) is 24.0 Å². The highest BCUT2D eigenvalue weighted by molar-refractivity contribution is 5.44. The van der Waals surface area contributed by atoms with Gasteiger partial charge in [0.05, 0.1) is 11.6 Å². The smallest absolute Gasteiger partial charge is 0.0991 e. The van der Waals surface area contributed by atoms with E-state index in [1.54, 1.807) is 0 Å². The van der Waals surface area contributed by atoms with Crippen LogP contribution in [0.25, 0.3) is 0 Å². The molecule has 2 nitrogen and oxygen atoms in total. The summed E-state index contributed by atoms with van der Waals surface area (Å²) in [5, 5.41) is 12.5. The van der Waals surface area contributed by atoms with Crippen molar-refractivity contribution in [1.82, 2.24) is 5.32 Å². The molecular weight excluding hydrogens is 196 g/mol. The number of hydrogen-bond donors (Lipinski definition) is 1. The van der Waals surface area contributed by atoms with Crippen LogP contribution in [0.5, 0.6) is 0 Å². The number of hydrogen-bond acceptors (Lipinski definition) is 2. The van der Waals surface area contributed by atoms with E-state index in [0.29, 0.717) is 11.5 Å². The van der Waals surface area contributed by atoms with E-state index < -0.39 is 0 Å². The van der Waals surface area contributed by atoms with E-state index in [0.717, 1.165) is 18.5 Å². The monoisotopic (exact) mass is 212 g/mol. The SMILES string of the molecule is C[C@]12CCN[C@H](Cc3cc(C#N)ccc31)C2. The molecule has 0 radical (unpaired) electrons. The Balaban J connectivity index is 2.13. The van der Waals surface area contributed by atoms with E-state index in [-0.39, 0.29) is 0 Å². The third kappa shape index (κ3) is 1.36. The van der Waals surface area contributed by atoms with Gasteiger partial charge >= 0.3 is 0 Å². The Morgan fingerprint density at radius 1 is 1.50 bits per heavy atom. The molecule has 0 aromatic heterocycles. The van der Waals surface area contributed by atoms with Crippen LogP contribution in [-0.2, 0) is 11.8 Å². The molecule has 1 aromatic rings. The zero-order valence-electron chi connectivity index (χ0n) is 9.59. The predicted molar refractivity (Wildman–Crippen MR) is 63.2 cm³/mol. The number of piperidine rings is 1. The zero-order valence-corrected chi connectivity index (χ0v) is 9.59. The lowest BCUT2D eigenvalue weighted by Gasteiger charge is -2.45. The number of nitrogens with one attached hydrogen (secondary N) is 1. The number of nitriles is 1. The maximum absolute atomic E-state index is 8.94. The van der Waals surface area contributed by atoms with Gasteiger partial charge in [-0.2, -0.15) is 5.26 Å². The van der Waals surface area contributed by atoms with Crippen molar-refractivity contribution in [3.8, 4) is 6.07 Å². The lowest BCUT2D eigenvalue weighted by atomic mass is 9.65. The summed E-state index contributed by atoms with van der Waals surface area (Å²) in [7, 11) is 0. The van der Waals surface area contributed by atoms with E-state index in [1.807, 2.05) is 6.07 Å². The fourth-order valence-corrected chi connectivity index (χ4v) is 3.35. The molecule has 1 heterocycles. The van der Waals surface area contributed by atoms with E-state index in [4.69, 9.17) is 5.26 Å². The maximum Gasteiger partial charge on any atom is 0.0991 e. The Morgan fingerprint density at radius 3 is 3.19 bits per heavy atom. The van der Waals surface area contributed by atoms with Gasteiger partial charge in [-0.15, -0.1) is 0 Å². The molecule has 2 aliphatic rings. The van der Waals surface area contributed by atoms with Crippen LogP contribution >= 0.6 is 0 Å². The molecule has 0 saturated carbocycles. The average Bonchev–Trinajstić information content (AvgIpc) is 2.28. The van der Waals surface area contributed by atoms with Crippen molar-refractivity contribution >= 4 is 0 Å². The molecule has 1 saturated heterocycles. The quantitative estimate of drug-likeness (QED) is 0.715. The summed E-state index contributed by atoms with van der Waals surface area (Å²) in [6.07, 6.45) is 3.54. The Kier molecular flexibility index (Phi) is 2.05. The Morgan fingerprint density at radius 2 is 2.38 bits per heavy atom. The van der Waals surface area contributed by atoms with Gasteiger partial charge in [0.2, 0.25) is 0 Å².